The van der Waals surface area contributed by atoms with Crippen molar-refractivity contribution in [3.8, 4) is 40.0 Å². The number of methoxy groups -OCH3 is 1. The first-order valence-electron chi connectivity index (χ1n) is 41.7. The minimum atomic E-state index is -0.782. The highest BCUT2D eigenvalue weighted by atomic mass is 35.5. The lowest BCUT2D eigenvalue weighted by Crippen LogP contribution is -2.32. The molecular weight excluding hydrogens is 1620 g/mol. The van der Waals surface area contributed by atoms with Crippen molar-refractivity contribution in [1.29, 1.82) is 0 Å². The van der Waals surface area contributed by atoms with Crippen LogP contribution in [-0.2, 0) is 19.1 Å². The third-order valence-electron chi connectivity index (χ3n) is 20.7. The number of phenols is 1. The number of aromatic hydroxyl groups is 1. The second-order valence-corrected chi connectivity index (χ2v) is 33.9. The molecule has 0 saturated heterocycles. The molecule has 0 unspecified atom stereocenters. The summed E-state index contributed by atoms with van der Waals surface area (Å²) in [6, 6.07) is 54.4. The van der Waals surface area contributed by atoms with Gasteiger partial charge in [0, 0.05) is 73.3 Å². The van der Waals surface area contributed by atoms with Crippen LogP contribution < -0.4 is 30.7 Å². The van der Waals surface area contributed by atoms with Gasteiger partial charge in [0.25, 0.3) is 0 Å². The lowest BCUT2D eigenvalue weighted by atomic mass is 9.96. The fourth-order valence-corrected chi connectivity index (χ4v) is 15.0. The van der Waals surface area contributed by atoms with Gasteiger partial charge in [0.2, 0.25) is 17.7 Å². The van der Waals surface area contributed by atoms with E-state index in [1.165, 1.54) is 5.56 Å². The van der Waals surface area contributed by atoms with Crippen molar-refractivity contribution in [1.82, 2.24) is 80.3 Å². The predicted octanol–water partition coefficient (Wildman–Crippen LogP) is 17.5. The molecule has 4 atom stereocenters. The van der Waals surface area contributed by atoms with E-state index in [9.17, 15) is 24.3 Å². The van der Waals surface area contributed by atoms with Gasteiger partial charge in [-0.1, -0.05) is 169 Å². The van der Waals surface area contributed by atoms with E-state index in [0.29, 0.717) is 81.0 Å². The molecule has 0 spiro atoms. The quantitative estimate of drug-likeness (QED) is 0.0533. The van der Waals surface area contributed by atoms with Crippen LogP contribution in [0.5, 0.6) is 17.2 Å². The summed E-state index contributed by atoms with van der Waals surface area (Å²) in [4.78, 5) is 70.1. The number of halogens is 2. The first-order valence-corrected chi connectivity index (χ1v) is 42.4. The Kier molecular flexibility index (Phi) is 27.6. The Morgan fingerprint density at radius 1 is 0.392 bits per heavy atom. The zero-order chi connectivity index (χ0) is 89.5. The number of fused-ring (bicyclic) bond motifs is 12. The van der Waals surface area contributed by atoms with Crippen LogP contribution in [0.4, 0.5) is 4.79 Å². The summed E-state index contributed by atoms with van der Waals surface area (Å²) in [5.74, 6) is 7.02. The van der Waals surface area contributed by atoms with Crippen molar-refractivity contribution >= 4 is 69.9 Å². The third-order valence-corrected chi connectivity index (χ3v) is 21.2. The molecular formula is C95H104Cl2N20O8. The number of nitrogens with zero attached hydrogens (tertiary/aromatic N) is 16. The Morgan fingerprint density at radius 2 is 0.736 bits per heavy atom. The van der Waals surface area contributed by atoms with Crippen LogP contribution in [-0.4, -0.2) is 130 Å². The standard InChI is InChI=1S/C25H28ClN5O2.C25H29N5O3.C23H25N5O2.C22H22ClN5O/c1-14(2)12-22(32)27-24-25-30-29-16(5)31(25)21-11-10-19(33-15(3)4)13-20(21)23(28-24)17-6-8-18(26)9-7-17;1-14(2)17-7-9-18(10-8-17)22-20-13-19(32-6)11-12-21(20)30-16(5)28-29-24(30)23(26-22)27-25(31)33-15(3)4;1-13(2)11-20(30)24-22-23-27-26-15(4)28(23)19-10-9-17(29)12-18(19)21(25-22)16-7-5-14(3)6-8-16;1-12(2)22(29)25-20-21-27-26-14(4)28(21)18-10-5-13(3)11-17(18)19(24-20)15-6-8-16(23)9-7-15/h6-11,13-15,24H,12H2,1-5H3,(H,27,32);7-15,23H,1-6H3,(H,27,31);5-10,12-13,22,29H,11H2,1-4H3,(H,24,30);5-12,20H,1-4H3,(H,25,29)/t24-;23-;22-;20-/m1010/s1. The number of carbonyl (C=O) groups excluding carboxylic acids is 4. The summed E-state index contributed by atoms with van der Waals surface area (Å²) in [6.07, 6.45) is -2.82. The van der Waals surface area contributed by atoms with Crippen molar-refractivity contribution in [3.05, 3.63) is 288 Å². The van der Waals surface area contributed by atoms with E-state index < -0.39 is 30.8 Å². The number of benzene rings is 8. The number of aryl methyl sites for hydroxylation is 6. The van der Waals surface area contributed by atoms with Gasteiger partial charge in [0.15, 0.2) is 48.0 Å². The number of amides is 4. The minimum absolute atomic E-state index is 0.0278. The van der Waals surface area contributed by atoms with Crippen molar-refractivity contribution < 1.29 is 38.5 Å². The normalized spacial score (nSPS) is 15.1. The molecule has 125 heavy (non-hydrogen) atoms. The Balaban J connectivity index is 0.000000143. The first kappa shape index (κ1) is 89.4. The molecule has 0 radical (unpaired) electrons. The van der Waals surface area contributed by atoms with Gasteiger partial charge >= 0.3 is 6.09 Å². The maximum absolute atomic E-state index is 12.7. The number of rotatable bonds is 18. The summed E-state index contributed by atoms with van der Waals surface area (Å²) < 4.78 is 24.5. The van der Waals surface area contributed by atoms with Gasteiger partial charge in [0.05, 0.1) is 64.9 Å². The van der Waals surface area contributed by atoms with Crippen LogP contribution in [0.15, 0.2) is 190 Å². The SMILES string of the molecule is COc1ccc2c(c1)C(c1ccc(C(C)C)cc1)=N[C@@H](NC(=O)OC(C)C)c1nnc(C)n1-2.Cc1ccc(C2=N[C@@H](NC(=O)CC(C)C)c3nnc(C)n3-c3ccc(O)cc32)cc1.Cc1ccc2c(c1)C(c1ccc(Cl)cc1)=N[C@@H](NC(=O)C(C)C)c1nnc(C)n1-2.Cc1nnc2n1-c1ccc(OC(C)C)cc1C(c1ccc(Cl)cc1)=N[C@H]2NC(=O)CC(C)C. The van der Waals surface area contributed by atoms with Gasteiger partial charge in [-0.15, -0.1) is 40.8 Å². The number of hydrogen-bond acceptors (Lipinski definition) is 20. The average Bonchev–Trinajstić information content (AvgIpc) is 1.63. The van der Waals surface area contributed by atoms with Gasteiger partial charge in [0.1, 0.15) is 40.5 Å². The molecule has 28 nitrogen and oxygen atoms in total. The van der Waals surface area contributed by atoms with E-state index in [1.807, 2.05) is 237 Å². The highest BCUT2D eigenvalue weighted by molar-refractivity contribution is 6.31. The second kappa shape index (κ2) is 38.6. The molecule has 0 saturated carbocycles. The van der Waals surface area contributed by atoms with Crippen LogP contribution in [0.1, 0.15) is 234 Å². The van der Waals surface area contributed by atoms with E-state index in [1.54, 1.807) is 33.1 Å². The Labute approximate surface area is 737 Å². The summed E-state index contributed by atoms with van der Waals surface area (Å²) in [7, 11) is 1.63. The Morgan fingerprint density at radius 3 is 1.12 bits per heavy atom. The molecule has 5 N–H and O–H groups in total. The molecule has 0 bridgehead atoms. The Bertz CT molecular complexity index is 6120. The predicted molar refractivity (Wildman–Crippen MR) is 484 cm³/mol. The van der Waals surface area contributed by atoms with E-state index in [-0.39, 0.29) is 53.4 Å². The number of ether oxygens (including phenoxy) is 3. The lowest BCUT2D eigenvalue weighted by Gasteiger charge is -2.16. The summed E-state index contributed by atoms with van der Waals surface area (Å²) >= 11 is 12.2. The molecule has 8 aromatic carbocycles. The summed E-state index contributed by atoms with van der Waals surface area (Å²) in [5, 5.41) is 57.8. The largest absolute Gasteiger partial charge is 0.508 e. The van der Waals surface area contributed by atoms with Gasteiger partial charge in [-0.25, -0.2) is 4.79 Å². The van der Waals surface area contributed by atoms with Crippen molar-refractivity contribution in [2.45, 2.75) is 180 Å². The topological polar surface area (TPSA) is 337 Å². The highest BCUT2D eigenvalue weighted by Gasteiger charge is 2.36. The molecule has 0 fully saturated rings. The van der Waals surface area contributed by atoms with E-state index in [4.69, 9.17) is 57.4 Å². The lowest BCUT2D eigenvalue weighted by molar-refractivity contribution is -0.125. The maximum atomic E-state index is 12.7. The summed E-state index contributed by atoms with van der Waals surface area (Å²) in [6.45, 7) is 35.2. The number of aliphatic imine (C=N–C) groups is 4. The van der Waals surface area contributed by atoms with Gasteiger partial charge in [-0.3, -0.25) is 57.9 Å². The first-order chi connectivity index (χ1) is 59.7. The molecule has 12 aromatic rings. The van der Waals surface area contributed by atoms with Crippen molar-refractivity contribution in [2.75, 3.05) is 7.11 Å². The van der Waals surface area contributed by atoms with Crippen LogP contribution in [0, 0.1) is 59.3 Å². The second-order valence-electron chi connectivity index (χ2n) is 33.0. The maximum Gasteiger partial charge on any atom is 0.409 e. The molecule has 646 valence electrons. The van der Waals surface area contributed by atoms with Crippen LogP contribution in [0.2, 0.25) is 10.0 Å². The highest BCUT2D eigenvalue weighted by Crippen LogP contribution is 2.39. The molecule has 8 heterocycles. The third kappa shape index (κ3) is 20.5. The van der Waals surface area contributed by atoms with Crippen molar-refractivity contribution in [3.63, 3.8) is 0 Å². The van der Waals surface area contributed by atoms with Gasteiger partial charge in [-0.05, 0) is 184 Å². The van der Waals surface area contributed by atoms with Crippen LogP contribution in [0.3, 0.4) is 0 Å². The number of carbonyl (C=O) groups is 4. The van der Waals surface area contributed by atoms with Gasteiger partial charge in [-0.2, -0.15) is 0 Å². The smallest absolute Gasteiger partial charge is 0.409 e. The molecule has 16 rings (SSSR count). The monoisotopic (exact) mass is 1720 g/mol. The molecule has 0 aliphatic carbocycles. The number of hydrogen-bond donors (Lipinski definition) is 5. The number of nitrogens with one attached hydrogen (secondary N) is 4. The molecule has 4 aliphatic heterocycles. The van der Waals surface area contributed by atoms with Gasteiger partial charge < -0.3 is 35.3 Å². The summed E-state index contributed by atoms with van der Waals surface area (Å²) in [5.41, 5.74) is 16.9. The zero-order valence-electron chi connectivity index (χ0n) is 73.6. The number of phenolic OH excluding ortho intramolecular Hbond substituents is 1. The van der Waals surface area contributed by atoms with Crippen LogP contribution in [0.25, 0.3) is 22.7 Å². The molecule has 30 heteroatoms. The van der Waals surface area contributed by atoms with Crippen LogP contribution >= 0.6 is 23.2 Å². The average molecular weight is 1720 g/mol. The zero-order valence-corrected chi connectivity index (χ0v) is 75.1. The molecule has 4 aliphatic rings. The molecule has 4 aromatic heterocycles. The number of aromatic nitrogens is 12. The molecule has 4 amide bonds. The number of alkyl carbamates (subject to hydrolysis) is 1. The van der Waals surface area contributed by atoms with E-state index >= 15 is 0 Å². The van der Waals surface area contributed by atoms with Crippen molar-refractivity contribution in [2.24, 2.45) is 37.7 Å². The van der Waals surface area contributed by atoms with E-state index in [2.05, 4.69) is 112 Å². The minimum Gasteiger partial charge on any atom is -0.508 e. The van der Waals surface area contributed by atoms with E-state index in [0.717, 1.165) is 107 Å². The fourth-order valence-electron chi connectivity index (χ4n) is 14.7. The Hall–Kier alpha value is -13.3. The fraction of sp³-hybridized carbons (Fsp3) is 0.326.